The Morgan fingerprint density at radius 2 is 2.06 bits per heavy atom. The third-order valence-corrected chi connectivity index (χ3v) is 3.28. The lowest BCUT2D eigenvalue weighted by atomic mass is 10.3. The Balaban J connectivity index is 2.25. The number of nitrogens with zero attached hydrogens (tertiary/aromatic N) is 2. The van der Waals surface area contributed by atoms with Crippen LogP contribution >= 0.6 is 31.9 Å². The van der Waals surface area contributed by atoms with Crippen LogP contribution in [0.4, 0.5) is 11.5 Å². The van der Waals surface area contributed by atoms with E-state index in [4.69, 9.17) is 4.74 Å². The molecule has 0 bridgehead atoms. The fourth-order valence-electron chi connectivity index (χ4n) is 1.29. The van der Waals surface area contributed by atoms with Gasteiger partial charge in [-0.1, -0.05) is 0 Å². The number of benzene rings is 1. The molecule has 17 heavy (non-hydrogen) atoms. The Morgan fingerprint density at radius 3 is 2.71 bits per heavy atom. The second-order valence-corrected chi connectivity index (χ2v) is 4.90. The van der Waals surface area contributed by atoms with Crippen LogP contribution in [0.3, 0.4) is 0 Å². The monoisotopic (exact) mass is 357 g/mol. The molecule has 4 nitrogen and oxygen atoms in total. The van der Waals surface area contributed by atoms with Gasteiger partial charge in [0.25, 0.3) is 0 Å². The van der Waals surface area contributed by atoms with Crippen LogP contribution < -0.4 is 10.1 Å². The number of halogens is 2. The van der Waals surface area contributed by atoms with Crippen LogP contribution in [0.5, 0.6) is 5.75 Å². The number of rotatable bonds is 3. The third-order valence-electron chi connectivity index (χ3n) is 2.08. The molecule has 0 aliphatic rings. The molecule has 2 rings (SSSR count). The summed E-state index contributed by atoms with van der Waals surface area (Å²) in [6.45, 7) is 0. The number of nitrogens with one attached hydrogen (secondary N) is 1. The molecule has 1 N–H and O–H groups in total. The van der Waals surface area contributed by atoms with E-state index in [9.17, 15) is 0 Å². The van der Waals surface area contributed by atoms with Gasteiger partial charge >= 0.3 is 0 Å². The largest absolute Gasteiger partial charge is 0.496 e. The molecule has 0 saturated carbocycles. The van der Waals surface area contributed by atoms with E-state index in [0.717, 1.165) is 26.2 Å². The van der Waals surface area contributed by atoms with E-state index >= 15 is 0 Å². The van der Waals surface area contributed by atoms with E-state index in [2.05, 4.69) is 47.1 Å². The van der Waals surface area contributed by atoms with Crippen molar-refractivity contribution in [3.8, 4) is 5.75 Å². The molecule has 6 heteroatoms. The summed E-state index contributed by atoms with van der Waals surface area (Å²) in [5.41, 5.74) is 0.914. The maximum atomic E-state index is 5.16. The first-order chi connectivity index (χ1) is 8.20. The molecule has 0 atom stereocenters. The standard InChI is InChI=1S/C11H9Br2N3O/c1-17-10-3-2-7(4-8(10)12)16-11-9(13)5-14-6-15-11/h2-6H,1H3,(H,14,15,16). The van der Waals surface area contributed by atoms with E-state index in [0.29, 0.717) is 0 Å². The van der Waals surface area contributed by atoms with E-state index < -0.39 is 0 Å². The number of hydrogen-bond donors (Lipinski definition) is 1. The van der Waals surface area contributed by atoms with Crippen molar-refractivity contribution in [2.24, 2.45) is 0 Å². The molecule has 1 aromatic carbocycles. The molecular weight excluding hydrogens is 350 g/mol. The van der Waals surface area contributed by atoms with Crippen LogP contribution in [0.25, 0.3) is 0 Å². The van der Waals surface area contributed by atoms with Gasteiger partial charge in [0, 0.05) is 11.9 Å². The Labute approximate surface area is 116 Å². The zero-order chi connectivity index (χ0) is 12.3. The Kier molecular flexibility index (Phi) is 3.96. The molecule has 0 radical (unpaired) electrons. The van der Waals surface area contributed by atoms with Crippen molar-refractivity contribution < 1.29 is 4.74 Å². The first kappa shape index (κ1) is 12.3. The van der Waals surface area contributed by atoms with Gasteiger partial charge in [0.2, 0.25) is 0 Å². The normalized spacial score (nSPS) is 10.1. The van der Waals surface area contributed by atoms with E-state index in [1.807, 2.05) is 18.2 Å². The zero-order valence-corrected chi connectivity index (χ0v) is 12.1. The summed E-state index contributed by atoms with van der Waals surface area (Å²) in [6.07, 6.45) is 3.18. The molecule has 0 amide bonds. The summed E-state index contributed by atoms with van der Waals surface area (Å²) in [6, 6.07) is 5.72. The second-order valence-electron chi connectivity index (χ2n) is 3.19. The molecule has 0 aliphatic carbocycles. The summed E-state index contributed by atoms with van der Waals surface area (Å²) in [5, 5.41) is 3.18. The van der Waals surface area contributed by atoms with E-state index in [1.165, 1.54) is 6.33 Å². The van der Waals surface area contributed by atoms with E-state index in [-0.39, 0.29) is 0 Å². The molecule has 1 heterocycles. The van der Waals surface area contributed by atoms with Gasteiger partial charge in [0.15, 0.2) is 0 Å². The lowest BCUT2D eigenvalue weighted by molar-refractivity contribution is 0.412. The third kappa shape index (κ3) is 2.95. The number of anilines is 2. The zero-order valence-electron chi connectivity index (χ0n) is 8.95. The predicted molar refractivity (Wildman–Crippen MR) is 73.7 cm³/mol. The summed E-state index contributed by atoms with van der Waals surface area (Å²) >= 11 is 6.81. The highest BCUT2D eigenvalue weighted by atomic mass is 79.9. The number of aromatic nitrogens is 2. The fourth-order valence-corrected chi connectivity index (χ4v) is 2.15. The van der Waals surface area contributed by atoms with Gasteiger partial charge in [-0.15, -0.1) is 0 Å². The number of hydrogen-bond acceptors (Lipinski definition) is 4. The van der Waals surface area contributed by atoms with Crippen molar-refractivity contribution in [1.29, 1.82) is 0 Å². The minimum Gasteiger partial charge on any atom is -0.496 e. The molecule has 0 fully saturated rings. The average molecular weight is 359 g/mol. The quantitative estimate of drug-likeness (QED) is 0.907. The topological polar surface area (TPSA) is 47.0 Å². The molecule has 0 unspecified atom stereocenters. The Bertz CT molecular complexity index is 534. The van der Waals surface area contributed by atoms with Crippen LogP contribution in [0.2, 0.25) is 0 Å². The molecule has 88 valence electrons. The van der Waals surface area contributed by atoms with Crippen molar-refractivity contribution in [1.82, 2.24) is 9.97 Å². The molecule has 0 spiro atoms. The van der Waals surface area contributed by atoms with Gasteiger partial charge in [0.05, 0.1) is 16.1 Å². The summed E-state index contributed by atoms with van der Waals surface area (Å²) in [7, 11) is 1.63. The molecule has 1 aromatic heterocycles. The lowest BCUT2D eigenvalue weighted by Crippen LogP contribution is -1.95. The van der Waals surface area contributed by atoms with Crippen LogP contribution in [0, 0.1) is 0 Å². The van der Waals surface area contributed by atoms with Gasteiger partial charge in [-0.05, 0) is 50.1 Å². The minimum atomic E-state index is 0.720. The van der Waals surface area contributed by atoms with Crippen molar-refractivity contribution in [2.75, 3.05) is 12.4 Å². The first-order valence-electron chi connectivity index (χ1n) is 4.77. The van der Waals surface area contributed by atoms with Gasteiger partial charge in [-0.3, -0.25) is 0 Å². The number of methoxy groups -OCH3 is 1. The van der Waals surface area contributed by atoms with Crippen LogP contribution in [0.15, 0.2) is 39.7 Å². The maximum Gasteiger partial charge on any atom is 0.148 e. The Hall–Kier alpha value is -1.14. The maximum absolute atomic E-state index is 5.16. The smallest absolute Gasteiger partial charge is 0.148 e. The van der Waals surface area contributed by atoms with Gasteiger partial charge in [-0.2, -0.15) is 0 Å². The summed E-state index contributed by atoms with van der Waals surface area (Å²) < 4.78 is 6.86. The number of ether oxygens (including phenoxy) is 1. The van der Waals surface area contributed by atoms with Gasteiger partial charge in [0.1, 0.15) is 17.9 Å². The molecule has 0 aliphatic heterocycles. The molecule has 2 aromatic rings. The second kappa shape index (κ2) is 5.46. The highest BCUT2D eigenvalue weighted by Gasteiger charge is 2.04. The van der Waals surface area contributed by atoms with E-state index in [1.54, 1.807) is 13.3 Å². The van der Waals surface area contributed by atoms with Crippen molar-refractivity contribution in [3.05, 3.63) is 39.7 Å². The Morgan fingerprint density at radius 1 is 1.24 bits per heavy atom. The predicted octanol–water partition coefficient (Wildman–Crippen LogP) is 3.75. The van der Waals surface area contributed by atoms with Crippen LogP contribution in [0.1, 0.15) is 0 Å². The highest BCUT2D eigenvalue weighted by Crippen LogP contribution is 2.30. The van der Waals surface area contributed by atoms with Gasteiger partial charge in [-0.25, -0.2) is 9.97 Å². The van der Waals surface area contributed by atoms with Crippen molar-refractivity contribution in [3.63, 3.8) is 0 Å². The summed E-state index contributed by atoms with van der Waals surface area (Å²) in [5.74, 6) is 1.51. The van der Waals surface area contributed by atoms with Gasteiger partial charge < -0.3 is 10.1 Å². The molecular formula is C11H9Br2N3O. The minimum absolute atomic E-state index is 0.720. The lowest BCUT2D eigenvalue weighted by Gasteiger charge is -2.09. The average Bonchev–Trinajstić information content (AvgIpc) is 2.32. The van der Waals surface area contributed by atoms with Crippen molar-refractivity contribution in [2.45, 2.75) is 0 Å². The fraction of sp³-hybridized carbons (Fsp3) is 0.0909. The van der Waals surface area contributed by atoms with Crippen molar-refractivity contribution >= 4 is 43.4 Å². The SMILES string of the molecule is COc1ccc(Nc2ncncc2Br)cc1Br. The van der Waals surface area contributed by atoms with Crippen LogP contribution in [-0.2, 0) is 0 Å². The van der Waals surface area contributed by atoms with Crippen LogP contribution in [-0.4, -0.2) is 17.1 Å². The summed E-state index contributed by atoms with van der Waals surface area (Å²) in [4.78, 5) is 8.03. The highest BCUT2D eigenvalue weighted by molar-refractivity contribution is 9.11. The first-order valence-corrected chi connectivity index (χ1v) is 6.35. The molecule has 0 saturated heterocycles.